The van der Waals surface area contributed by atoms with Gasteiger partial charge in [0.25, 0.3) is 0 Å². The summed E-state index contributed by atoms with van der Waals surface area (Å²) in [6, 6.07) is 0. The second-order valence-electron chi connectivity index (χ2n) is 11.3. The molecule has 0 aromatic carbocycles. The summed E-state index contributed by atoms with van der Waals surface area (Å²) in [6.45, 7) is 28.7. The fourth-order valence-electron chi connectivity index (χ4n) is 4.88. The summed E-state index contributed by atoms with van der Waals surface area (Å²) < 4.78 is 0. The molecule has 0 heterocycles. The van der Waals surface area contributed by atoms with Crippen molar-refractivity contribution < 1.29 is 12.5 Å². The minimum atomic E-state index is -2.71. The summed E-state index contributed by atoms with van der Waals surface area (Å²) in [7, 11) is 16.0. The molecule has 0 aromatic rings. The molecule has 0 radical (unpaired) electrons. The summed E-state index contributed by atoms with van der Waals surface area (Å²) in [5, 5.41) is 0. The molecular formula is C26H56Cl2P2Pd. The molecule has 0 N–H and O–H groups in total. The van der Waals surface area contributed by atoms with Crippen LogP contribution in [0, 0.1) is 11.8 Å². The van der Waals surface area contributed by atoms with Gasteiger partial charge in [-0.2, -0.15) is 0 Å². The van der Waals surface area contributed by atoms with Crippen LogP contribution in [0.25, 0.3) is 0 Å². The average Bonchev–Trinajstić information content (AvgIpc) is 2.59. The summed E-state index contributed by atoms with van der Waals surface area (Å²) in [5.41, 5.74) is -1.53. The standard InChI is InChI=1S/2C13H27P.2ClH.Pd/c2*1-11(2)9-7-8-10-14(12(3)4)13(5)6;;;/h2*7-8,11-13H,9-10H2,1-6H3;2*1H;. The molecule has 0 saturated carbocycles. The van der Waals surface area contributed by atoms with E-state index in [0.717, 1.165) is 25.2 Å². The molecule has 31 heavy (non-hydrogen) atoms. The quantitative estimate of drug-likeness (QED) is 0.105. The van der Waals surface area contributed by atoms with Gasteiger partial charge in [0.15, 0.2) is 0 Å². The van der Waals surface area contributed by atoms with Crippen molar-refractivity contribution in [2.45, 2.75) is 119 Å². The van der Waals surface area contributed by atoms with E-state index in [1.54, 1.807) is 0 Å². The van der Waals surface area contributed by atoms with Crippen LogP contribution in [0.2, 0.25) is 0 Å². The van der Waals surface area contributed by atoms with Crippen molar-refractivity contribution in [1.29, 1.82) is 0 Å². The van der Waals surface area contributed by atoms with Crippen molar-refractivity contribution in [3.8, 4) is 0 Å². The first-order valence-electron chi connectivity index (χ1n) is 12.5. The Morgan fingerprint density at radius 3 is 0.968 bits per heavy atom. The van der Waals surface area contributed by atoms with Gasteiger partial charge < -0.3 is 0 Å². The van der Waals surface area contributed by atoms with E-state index in [9.17, 15) is 0 Å². The molecule has 0 aliphatic carbocycles. The normalized spacial score (nSPS) is 16.4. The van der Waals surface area contributed by atoms with Crippen molar-refractivity contribution in [2.24, 2.45) is 11.8 Å². The van der Waals surface area contributed by atoms with E-state index in [-0.39, 0.29) is 0 Å². The first-order valence-corrected chi connectivity index (χ1v) is 25.5. The van der Waals surface area contributed by atoms with Gasteiger partial charge >= 0.3 is 209 Å². The fourth-order valence-corrected chi connectivity index (χ4v) is 82.3. The monoisotopic (exact) mass is 606 g/mol. The Morgan fingerprint density at radius 1 is 0.516 bits per heavy atom. The molecule has 0 aliphatic heterocycles. The van der Waals surface area contributed by atoms with Gasteiger partial charge in [0, 0.05) is 0 Å². The second-order valence-corrected chi connectivity index (χ2v) is 47.9. The Labute approximate surface area is 208 Å². The fraction of sp³-hybridized carbons (Fsp3) is 0.846. The van der Waals surface area contributed by atoms with Crippen molar-refractivity contribution in [2.75, 3.05) is 12.3 Å². The zero-order valence-corrected chi connectivity index (χ0v) is 27.7. The molecule has 0 nitrogen and oxygen atoms in total. The van der Waals surface area contributed by atoms with Gasteiger partial charge in [-0.05, 0) is 0 Å². The van der Waals surface area contributed by atoms with Crippen LogP contribution in [0.5, 0.6) is 0 Å². The molecule has 0 amide bonds. The summed E-state index contributed by atoms with van der Waals surface area (Å²) in [5.74, 6) is 1.40. The topological polar surface area (TPSA) is 0 Å². The van der Waals surface area contributed by atoms with Gasteiger partial charge in [-0.15, -0.1) is 0 Å². The van der Waals surface area contributed by atoms with Gasteiger partial charge in [0.1, 0.15) is 0 Å². The predicted octanol–water partition coefficient (Wildman–Crippen LogP) is 10.6. The van der Waals surface area contributed by atoms with Crippen molar-refractivity contribution in [3.63, 3.8) is 0 Å². The van der Waals surface area contributed by atoms with Crippen LogP contribution in [0.3, 0.4) is 0 Å². The molecule has 194 valence electrons. The molecule has 0 fully saturated rings. The maximum absolute atomic E-state index is 8.02. The SMILES string of the molecule is CC(C)CC=CC[PH](C(C)C)(C(C)C)[Pd]([Cl])([Cl])[PH](CC=CCC(C)C)(C(C)C)C(C)C. The molecule has 0 bridgehead atoms. The zero-order valence-electron chi connectivity index (χ0n) is 22.7. The first kappa shape index (κ1) is 32.6. The second kappa shape index (κ2) is 14.2. The van der Waals surface area contributed by atoms with E-state index in [4.69, 9.17) is 19.1 Å². The minimum absolute atomic E-state index is 0.604. The van der Waals surface area contributed by atoms with Gasteiger partial charge in [-0.25, -0.2) is 0 Å². The molecule has 0 unspecified atom stereocenters. The number of halogens is 2. The van der Waals surface area contributed by atoms with Crippen LogP contribution in [0.1, 0.15) is 95.9 Å². The van der Waals surface area contributed by atoms with Gasteiger partial charge in [-0.1, -0.05) is 0 Å². The summed E-state index contributed by atoms with van der Waals surface area (Å²) >= 11 is -2.71. The van der Waals surface area contributed by atoms with Gasteiger partial charge in [0.05, 0.1) is 0 Å². The number of hydrogen-bond donors (Lipinski definition) is 0. The molecule has 0 rings (SSSR count). The Bertz CT molecular complexity index is 500. The summed E-state index contributed by atoms with van der Waals surface area (Å²) in [4.78, 5) is 0. The van der Waals surface area contributed by atoms with Gasteiger partial charge in [0.2, 0.25) is 0 Å². The van der Waals surface area contributed by atoms with Crippen LogP contribution in [-0.4, -0.2) is 35.0 Å². The predicted molar refractivity (Wildman–Crippen MR) is 156 cm³/mol. The molecule has 5 heteroatoms. The number of hydrogen-bond acceptors (Lipinski definition) is 0. The molecule has 0 saturated heterocycles. The first-order chi connectivity index (χ1) is 14.1. The summed E-state index contributed by atoms with van der Waals surface area (Å²) in [6.07, 6.45) is 14.4. The van der Waals surface area contributed by atoms with Crippen LogP contribution in [0.4, 0.5) is 0 Å². The van der Waals surface area contributed by atoms with Crippen molar-refractivity contribution in [3.05, 3.63) is 24.3 Å². The Hall–Kier alpha value is 1.58. The van der Waals surface area contributed by atoms with E-state index in [1.807, 2.05) is 0 Å². The third kappa shape index (κ3) is 7.79. The number of allylic oxidation sites excluding steroid dienone is 4. The van der Waals surface area contributed by atoms with E-state index in [1.165, 1.54) is 0 Å². The third-order valence-electron chi connectivity index (χ3n) is 6.82. The Balaban J connectivity index is 6.59. The number of rotatable bonds is 14. The van der Waals surface area contributed by atoms with E-state index in [0.29, 0.717) is 34.5 Å². The Morgan fingerprint density at radius 2 is 0.774 bits per heavy atom. The third-order valence-corrected chi connectivity index (χ3v) is 67.2. The zero-order chi connectivity index (χ0) is 24.6. The molecule has 0 aliphatic rings. The van der Waals surface area contributed by atoms with Crippen molar-refractivity contribution in [1.82, 2.24) is 0 Å². The Kier molecular flexibility index (Phi) is 14.9. The molecule has 0 aromatic heterocycles. The average molecular weight is 608 g/mol. The van der Waals surface area contributed by atoms with Crippen LogP contribution in [0.15, 0.2) is 24.3 Å². The van der Waals surface area contributed by atoms with Crippen LogP contribution in [-0.2, 0) is 12.5 Å². The van der Waals surface area contributed by atoms with Crippen molar-refractivity contribution >= 4 is 30.0 Å². The molecule has 0 spiro atoms. The van der Waals surface area contributed by atoms with E-state index in [2.05, 4.69) is 107 Å². The van der Waals surface area contributed by atoms with Crippen LogP contribution >= 0.6 is 30.0 Å². The maximum atomic E-state index is 8.02. The molecule has 0 atom stereocenters. The van der Waals surface area contributed by atoms with Gasteiger partial charge in [-0.3, -0.25) is 0 Å². The van der Waals surface area contributed by atoms with E-state index < -0.39 is 23.4 Å². The molecular weight excluding hydrogens is 552 g/mol. The van der Waals surface area contributed by atoms with Crippen LogP contribution < -0.4 is 0 Å². The van der Waals surface area contributed by atoms with E-state index >= 15 is 0 Å².